The first-order valence-electron chi connectivity index (χ1n) is 6.57. The summed E-state index contributed by atoms with van der Waals surface area (Å²) >= 11 is 0. The molecule has 0 bridgehead atoms. The van der Waals surface area contributed by atoms with Crippen LogP contribution in [0.1, 0.15) is 29.7 Å². The predicted molar refractivity (Wildman–Crippen MR) is 74.5 cm³/mol. The van der Waals surface area contributed by atoms with Crippen LogP contribution in [0, 0.1) is 6.92 Å². The van der Waals surface area contributed by atoms with Gasteiger partial charge in [-0.2, -0.15) is 0 Å². The van der Waals surface area contributed by atoms with Crippen molar-refractivity contribution >= 4 is 5.82 Å². The molecule has 2 heterocycles. The number of nitrogens with zero attached hydrogens (tertiary/aromatic N) is 3. The van der Waals surface area contributed by atoms with Crippen LogP contribution in [0.25, 0.3) is 11.4 Å². The van der Waals surface area contributed by atoms with Gasteiger partial charge in [0.05, 0.1) is 0 Å². The van der Waals surface area contributed by atoms with Crippen molar-refractivity contribution in [1.82, 2.24) is 15.0 Å². The normalized spacial score (nSPS) is 14.0. The Hall–Kier alpha value is -2.01. The van der Waals surface area contributed by atoms with Gasteiger partial charge in [0.2, 0.25) is 0 Å². The highest BCUT2D eigenvalue weighted by Gasteiger charge is 2.18. The van der Waals surface area contributed by atoms with E-state index in [9.17, 15) is 0 Å². The van der Waals surface area contributed by atoms with Crippen LogP contribution in [-0.4, -0.2) is 15.0 Å². The molecule has 2 aromatic rings. The molecule has 0 radical (unpaired) electrons. The Morgan fingerprint density at radius 3 is 2.84 bits per heavy atom. The van der Waals surface area contributed by atoms with Crippen LogP contribution < -0.4 is 11.3 Å². The van der Waals surface area contributed by atoms with Crippen LogP contribution in [0.3, 0.4) is 0 Å². The summed E-state index contributed by atoms with van der Waals surface area (Å²) in [7, 11) is 0. The van der Waals surface area contributed by atoms with Crippen LogP contribution in [0.5, 0.6) is 0 Å². The van der Waals surface area contributed by atoms with Gasteiger partial charge in [-0.3, -0.25) is 4.98 Å². The van der Waals surface area contributed by atoms with E-state index >= 15 is 0 Å². The molecule has 1 aliphatic carbocycles. The van der Waals surface area contributed by atoms with Gasteiger partial charge in [0.15, 0.2) is 5.82 Å². The number of aryl methyl sites for hydroxylation is 2. The van der Waals surface area contributed by atoms with Crippen molar-refractivity contribution in [3.05, 3.63) is 35.3 Å². The molecule has 0 fully saturated rings. The average Bonchev–Trinajstić information content (AvgIpc) is 2.46. The average molecular weight is 255 g/mol. The molecule has 0 atom stereocenters. The zero-order chi connectivity index (χ0) is 13.2. The number of nitrogens with two attached hydrogens (primary N) is 1. The van der Waals surface area contributed by atoms with E-state index in [1.165, 1.54) is 18.4 Å². The van der Waals surface area contributed by atoms with Gasteiger partial charge in [-0.15, -0.1) is 0 Å². The molecule has 0 saturated carbocycles. The highest BCUT2D eigenvalue weighted by molar-refractivity contribution is 5.62. The second-order valence-corrected chi connectivity index (χ2v) is 4.86. The van der Waals surface area contributed by atoms with Crippen molar-refractivity contribution in [3.63, 3.8) is 0 Å². The van der Waals surface area contributed by atoms with Crippen LogP contribution in [0.4, 0.5) is 5.82 Å². The second-order valence-electron chi connectivity index (χ2n) is 4.86. The minimum atomic E-state index is 0.730. The molecule has 3 N–H and O–H groups in total. The van der Waals surface area contributed by atoms with Crippen molar-refractivity contribution in [2.75, 3.05) is 5.43 Å². The van der Waals surface area contributed by atoms with Crippen molar-refractivity contribution in [2.45, 2.75) is 32.6 Å². The summed E-state index contributed by atoms with van der Waals surface area (Å²) in [4.78, 5) is 13.4. The molecule has 0 aromatic carbocycles. The smallest absolute Gasteiger partial charge is 0.162 e. The first-order valence-corrected chi connectivity index (χ1v) is 6.57. The second kappa shape index (κ2) is 4.93. The quantitative estimate of drug-likeness (QED) is 0.634. The van der Waals surface area contributed by atoms with E-state index in [-0.39, 0.29) is 0 Å². The largest absolute Gasteiger partial charge is 0.308 e. The van der Waals surface area contributed by atoms with Gasteiger partial charge in [-0.05, 0) is 44.2 Å². The maximum Gasteiger partial charge on any atom is 0.162 e. The van der Waals surface area contributed by atoms with Gasteiger partial charge in [0.25, 0.3) is 0 Å². The molecule has 0 saturated heterocycles. The fraction of sp³-hybridized carbons (Fsp3) is 0.357. The van der Waals surface area contributed by atoms with E-state index in [0.717, 1.165) is 41.3 Å². The van der Waals surface area contributed by atoms with Crippen LogP contribution in [0.15, 0.2) is 18.5 Å². The van der Waals surface area contributed by atoms with E-state index in [4.69, 9.17) is 10.8 Å². The summed E-state index contributed by atoms with van der Waals surface area (Å²) < 4.78 is 0. The summed E-state index contributed by atoms with van der Waals surface area (Å²) in [6.07, 6.45) is 7.96. The number of nitrogen functional groups attached to an aromatic ring is 1. The molecule has 3 rings (SSSR count). The predicted octanol–water partition coefficient (Wildman–Crippen LogP) is 2.01. The van der Waals surface area contributed by atoms with Crippen LogP contribution in [0.2, 0.25) is 0 Å². The van der Waals surface area contributed by atoms with E-state index in [2.05, 4.69) is 15.4 Å². The molecular weight excluding hydrogens is 238 g/mol. The van der Waals surface area contributed by atoms with Crippen molar-refractivity contribution < 1.29 is 0 Å². The molecular formula is C14H17N5. The van der Waals surface area contributed by atoms with Gasteiger partial charge in [-0.25, -0.2) is 15.8 Å². The highest BCUT2D eigenvalue weighted by atomic mass is 15.3. The fourth-order valence-corrected chi connectivity index (χ4v) is 2.56. The van der Waals surface area contributed by atoms with Gasteiger partial charge in [0.1, 0.15) is 5.82 Å². The number of pyridine rings is 1. The van der Waals surface area contributed by atoms with E-state index in [1.807, 2.05) is 19.2 Å². The minimum Gasteiger partial charge on any atom is -0.308 e. The molecule has 19 heavy (non-hydrogen) atoms. The van der Waals surface area contributed by atoms with Crippen molar-refractivity contribution in [2.24, 2.45) is 5.84 Å². The monoisotopic (exact) mass is 255 g/mol. The van der Waals surface area contributed by atoms with Crippen molar-refractivity contribution in [1.29, 1.82) is 0 Å². The summed E-state index contributed by atoms with van der Waals surface area (Å²) in [5.41, 5.74) is 7.10. The van der Waals surface area contributed by atoms with E-state index in [1.54, 1.807) is 6.20 Å². The number of hydrogen-bond donors (Lipinski definition) is 2. The third-order valence-corrected chi connectivity index (χ3v) is 3.58. The Morgan fingerprint density at radius 1 is 1.21 bits per heavy atom. The maximum absolute atomic E-state index is 5.61. The Balaban J connectivity index is 2.15. The SMILES string of the molecule is Cc1cnccc1-c1nc2c(c(NN)n1)CCCC2. The zero-order valence-electron chi connectivity index (χ0n) is 11.0. The first-order chi connectivity index (χ1) is 9.29. The summed E-state index contributed by atoms with van der Waals surface area (Å²) in [5, 5.41) is 0. The van der Waals surface area contributed by atoms with Gasteiger partial charge in [-0.1, -0.05) is 0 Å². The Labute approximate surface area is 112 Å². The first kappa shape index (κ1) is 12.0. The van der Waals surface area contributed by atoms with E-state index < -0.39 is 0 Å². The molecule has 0 unspecified atom stereocenters. The summed E-state index contributed by atoms with van der Waals surface area (Å²) in [6, 6.07) is 1.94. The third-order valence-electron chi connectivity index (χ3n) is 3.58. The zero-order valence-corrected chi connectivity index (χ0v) is 11.0. The van der Waals surface area contributed by atoms with Crippen LogP contribution in [-0.2, 0) is 12.8 Å². The fourth-order valence-electron chi connectivity index (χ4n) is 2.56. The Morgan fingerprint density at radius 2 is 2.05 bits per heavy atom. The number of fused-ring (bicyclic) bond motifs is 1. The number of nitrogens with one attached hydrogen (secondary N) is 1. The number of hydrazine groups is 1. The van der Waals surface area contributed by atoms with Crippen LogP contribution >= 0.6 is 0 Å². The maximum atomic E-state index is 5.61. The summed E-state index contributed by atoms with van der Waals surface area (Å²) in [5.74, 6) is 7.10. The van der Waals surface area contributed by atoms with Crippen molar-refractivity contribution in [3.8, 4) is 11.4 Å². The lowest BCUT2D eigenvalue weighted by atomic mass is 9.96. The molecule has 0 amide bonds. The lowest BCUT2D eigenvalue weighted by molar-refractivity contribution is 0.665. The number of aromatic nitrogens is 3. The number of hydrogen-bond acceptors (Lipinski definition) is 5. The standard InChI is InChI=1S/C14H17N5/c1-9-8-16-7-6-10(9)13-17-12-5-3-2-4-11(12)14(18-13)19-15/h6-8H,2-5,15H2,1H3,(H,17,18,19). The molecule has 0 aliphatic heterocycles. The lowest BCUT2D eigenvalue weighted by Gasteiger charge is -2.19. The highest BCUT2D eigenvalue weighted by Crippen LogP contribution is 2.28. The Bertz CT molecular complexity index is 592. The van der Waals surface area contributed by atoms with Gasteiger partial charge < -0.3 is 5.43 Å². The molecule has 1 aliphatic rings. The summed E-state index contributed by atoms with van der Waals surface area (Å²) in [6.45, 7) is 2.01. The minimum absolute atomic E-state index is 0.730. The molecule has 5 heteroatoms. The Kier molecular flexibility index (Phi) is 3.13. The lowest BCUT2D eigenvalue weighted by Crippen LogP contribution is -2.17. The topological polar surface area (TPSA) is 76.7 Å². The molecule has 2 aromatic heterocycles. The van der Waals surface area contributed by atoms with Gasteiger partial charge in [0, 0.05) is 29.2 Å². The number of rotatable bonds is 2. The molecule has 5 nitrogen and oxygen atoms in total. The molecule has 98 valence electrons. The molecule has 0 spiro atoms. The third kappa shape index (κ3) is 2.17. The number of anilines is 1. The van der Waals surface area contributed by atoms with Gasteiger partial charge >= 0.3 is 0 Å². The van der Waals surface area contributed by atoms with E-state index in [0.29, 0.717) is 0 Å².